The lowest BCUT2D eigenvalue weighted by molar-refractivity contribution is 0.391. The van der Waals surface area contributed by atoms with Crippen LogP contribution < -0.4 is 0 Å². The lowest BCUT2D eigenvalue weighted by Crippen LogP contribution is -1.95. The molecule has 6 nitrogen and oxygen atoms in total. The molecule has 0 unspecified atom stereocenters. The van der Waals surface area contributed by atoms with Gasteiger partial charge < -0.3 is 9.09 Å². The van der Waals surface area contributed by atoms with Gasteiger partial charge in [0.2, 0.25) is 11.7 Å². The second kappa shape index (κ2) is 6.90. The molecule has 0 aliphatic rings. The molecule has 0 saturated heterocycles. The average Bonchev–Trinajstić information content (AvgIpc) is 3.28. The number of hydrogen-bond acceptors (Lipinski definition) is 6. The fourth-order valence-electron chi connectivity index (χ4n) is 2.42. The molecule has 2 aromatic carbocycles. The Balaban J connectivity index is 1.48. The molecule has 0 bridgehead atoms. The van der Waals surface area contributed by atoms with Crippen molar-refractivity contribution < 1.29 is 4.52 Å². The van der Waals surface area contributed by atoms with E-state index in [9.17, 15) is 0 Å². The van der Waals surface area contributed by atoms with Crippen LogP contribution >= 0.6 is 11.8 Å². The summed E-state index contributed by atoms with van der Waals surface area (Å²) in [6.07, 6.45) is 0. The van der Waals surface area contributed by atoms with Gasteiger partial charge in [0, 0.05) is 18.2 Å². The standard InChI is InChI=1S/C18H15N5OS/c1-23-17(14-10-6-3-7-11-14)20-21-18(23)25-12-15-19-16(22-24-15)13-8-4-2-5-9-13/h2-11H,12H2,1H3. The van der Waals surface area contributed by atoms with E-state index in [2.05, 4.69) is 20.3 Å². The zero-order chi connectivity index (χ0) is 17.1. The lowest BCUT2D eigenvalue weighted by atomic mass is 10.2. The Kier molecular flexibility index (Phi) is 4.30. The van der Waals surface area contributed by atoms with Gasteiger partial charge in [-0.15, -0.1) is 10.2 Å². The maximum Gasteiger partial charge on any atom is 0.237 e. The first kappa shape index (κ1) is 15.6. The molecule has 0 aliphatic carbocycles. The van der Waals surface area contributed by atoms with Crippen molar-refractivity contribution in [2.45, 2.75) is 10.9 Å². The van der Waals surface area contributed by atoms with Gasteiger partial charge in [-0.3, -0.25) is 0 Å². The highest BCUT2D eigenvalue weighted by atomic mass is 32.2. The van der Waals surface area contributed by atoms with E-state index in [-0.39, 0.29) is 0 Å². The smallest absolute Gasteiger partial charge is 0.237 e. The lowest BCUT2D eigenvalue weighted by Gasteiger charge is -2.02. The summed E-state index contributed by atoms with van der Waals surface area (Å²) in [5.41, 5.74) is 1.97. The van der Waals surface area contributed by atoms with Crippen molar-refractivity contribution in [1.82, 2.24) is 24.9 Å². The Bertz CT molecular complexity index is 966. The van der Waals surface area contributed by atoms with E-state index in [1.54, 1.807) is 0 Å². The SMILES string of the molecule is Cn1c(SCc2nc(-c3ccccc3)no2)nnc1-c1ccccc1. The van der Waals surface area contributed by atoms with Gasteiger partial charge >= 0.3 is 0 Å². The zero-order valence-corrected chi connectivity index (χ0v) is 14.3. The highest BCUT2D eigenvalue weighted by Gasteiger charge is 2.13. The normalized spacial score (nSPS) is 10.9. The molecule has 4 rings (SSSR count). The molecule has 124 valence electrons. The summed E-state index contributed by atoms with van der Waals surface area (Å²) in [5, 5.41) is 13.4. The van der Waals surface area contributed by atoms with E-state index >= 15 is 0 Å². The molecule has 0 radical (unpaired) electrons. The minimum absolute atomic E-state index is 0.542. The minimum atomic E-state index is 0.542. The van der Waals surface area contributed by atoms with Crippen LogP contribution in [-0.4, -0.2) is 24.9 Å². The van der Waals surface area contributed by atoms with E-state index < -0.39 is 0 Å². The number of rotatable bonds is 5. The van der Waals surface area contributed by atoms with Crippen molar-refractivity contribution in [3.05, 3.63) is 66.6 Å². The van der Waals surface area contributed by atoms with Crippen LogP contribution in [0.15, 0.2) is 70.3 Å². The van der Waals surface area contributed by atoms with Gasteiger partial charge in [0.15, 0.2) is 11.0 Å². The van der Waals surface area contributed by atoms with E-state index in [1.165, 1.54) is 11.8 Å². The van der Waals surface area contributed by atoms with Crippen LogP contribution in [0.4, 0.5) is 0 Å². The van der Waals surface area contributed by atoms with Gasteiger partial charge in [0.1, 0.15) is 0 Å². The van der Waals surface area contributed by atoms with Gasteiger partial charge in [0.25, 0.3) is 0 Å². The van der Waals surface area contributed by atoms with Gasteiger partial charge in [0.05, 0.1) is 5.75 Å². The van der Waals surface area contributed by atoms with Crippen LogP contribution in [0.3, 0.4) is 0 Å². The Morgan fingerprint density at radius 2 is 1.60 bits per heavy atom. The quantitative estimate of drug-likeness (QED) is 0.510. The Labute approximate surface area is 148 Å². The summed E-state index contributed by atoms with van der Waals surface area (Å²) in [5.74, 6) is 2.53. The molecule has 0 fully saturated rings. The predicted molar refractivity (Wildman–Crippen MR) is 95.7 cm³/mol. The highest BCUT2D eigenvalue weighted by molar-refractivity contribution is 7.98. The molecule has 0 amide bonds. The van der Waals surface area contributed by atoms with Crippen LogP contribution in [-0.2, 0) is 12.8 Å². The summed E-state index contributed by atoms with van der Waals surface area (Å²) in [4.78, 5) is 4.43. The summed E-state index contributed by atoms with van der Waals surface area (Å²) in [7, 11) is 1.95. The molecule has 0 aliphatic heterocycles. The third kappa shape index (κ3) is 3.32. The number of thioether (sulfide) groups is 1. The van der Waals surface area contributed by atoms with Crippen molar-refractivity contribution in [2.75, 3.05) is 0 Å². The summed E-state index contributed by atoms with van der Waals surface area (Å²) in [6.45, 7) is 0. The van der Waals surface area contributed by atoms with Crippen molar-refractivity contribution >= 4 is 11.8 Å². The molecule has 7 heteroatoms. The summed E-state index contributed by atoms with van der Waals surface area (Å²) < 4.78 is 7.30. The van der Waals surface area contributed by atoms with E-state index in [0.717, 1.165) is 22.1 Å². The molecular formula is C18H15N5OS. The number of nitrogens with zero attached hydrogens (tertiary/aromatic N) is 5. The average molecular weight is 349 g/mol. The molecule has 4 aromatic rings. The fourth-order valence-corrected chi connectivity index (χ4v) is 3.17. The highest BCUT2D eigenvalue weighted by Crippen LogP contribution is 2.25. The maximum absolute atomic E-state index is 5.33. The molecule has 0 spiro atoms. The Morgan fingerprint density at radius 1 is 0.920 bits per heavy atom. The zero-order valence-electron chi connectivity index (χ0n) is 13.5. The van der Waals surface area contributed by atoms with Gasteiger partial charge in [-0.05, 0) is 0 Å². The fraction of sp³-hybridized carbons (Fsp3) is 0.111. The molecule has 25 heavy (non-hydrogen) atoms. The van der Waals surface area contributed by atoms with Crippen molar-refractivity contribution in [3.8, 4) is 22.8 Å². The molecular weight excluding hydrogens is 334 g/mol. The second-order valence-electron chi connectivity index (χ2n) is 5.40. The first-order valence-corrected chi connectivity index (χ1v) is 8.75. The second-order valence-corrected chi connectivity index (χ2v) is 6.34. The van der Waals surface area contributed by atoms with Gasteiger partial charge in [-0.2, -0.15) is 4.98 Å². The van der Waals surface area contributed by atoms with Crippen molar-refractivity contribution in [1.29, 1.82) is 0 Å². The Hall–Kier alpha value is -2.93. The van der Waals surface area contributed by atoms with Crippen LogP contribution in [0.5, 0.6) is 0 Å². The number of benzene rings is 2. The van der Waals surface area contributed by atoms with E-state index in [1.807, 2.05) is 72.3 Å². The maximum atomic E-state index is 5.33. The predicted octanol–water partition coefficient (Wildman–Crippen LogP) is 3.82. The first-order valence-electron chi connectivity index (χ1n) is 7.77. The largest absolute Gasteiger partial charge is 0.338 e. The first-order chi connectivity index (χ1) is 12.3. The van der Waals surface area contributed by atoms with Crippen molar-refractivity contribution in [2.24, 2.45) is 7.05 Å². The monoisotopic (exact) mass is 349 g/mol. The summed E-state index contributed by atoms with van der Waals surface area (Å²) >= 11 is 1.52. The van der Waals surface area contributed by atoms with E-state index in [0.29, 0.717) is 17.5 Å². The molecule has 2 heterocycles. The topological polar surface area (TPSA) is 69.6 Å². The molecule has 2 aromatic heterocycles. The van der Waals surface area contributed by atoms with Gasteiger partial charge in [-0.1, -0.05) is 77.6 Å². The van der Waals surface area contributed by atoms with Crippen LogP contribution in [0, 0.1) is 0 Å². The number of hydrogen-bond donors (Lipinski definition) is 0. The van der Waals surface area contributed by atoms with Gasteiger partial charge in [-0.25, -0.2) is 0 Å². The molecule has 0 atom stereocenters. The molecule has 0 saturated carbocycles. The minimum Gasteiger partial charge on any atom is -0.338 e. The molecule has 0 N–H and O–H groups in total. The van der Waals surface area contributed by atoms with Crippen molar-refractivity contribution in [3.63, 3.8) is 0 Å². The van der Waals surface area contributed by atoms with Crippen LogP contribution in [0.25, 0.3) is 22.8 Å². The third-order valence-electron chi connectivity index (χ3n) is 3.69. The number of aromatic nitrogens is 5. The third-order valence-corrected chi connectivity index (χ3v) is 4.70. The Morgan fingerprint density at radius 3 is 2.32 bits per heavy atom. The van der Waals surface area contributed by atoms with Crippen LogP contribution in [0.2, 0.25) is 0 Å². The summed E-state index contributed by atoms with van der Waals surface area (Å²) in [6, 6.07) is 19.8. The van der Waals surface area contributed by atoms with E-state index in [4.69, 9.17) is 4.52 Å². The van der Waals surface area contributed by atoms with Crippen LogP contribution in [0.1, 0.15) is 5.89 Å².